The molecule has 2 fully saturated rings. The van der Waals surface area contributed by atoms with Crippen molar-refractivity contribution in [1.82, 2.24) is 9.88 Å². The molecule has 0 radical (unpaired) electrons. The smallest absolute Gasteiger partial charge is 0.303 e. The molecule has 0 bridgehead atoms. The molecule has 0 atom stereocenters. The molecular weight excluding hydrogens is 328 g/mol. The average Bonchev–Trinajstić information content (AvgIpc) is 3.45. The number of rotatable bonds is 4. The van der Waals surface area contributed by atoms with Gasteiger partial charge in [0.05, 0.1) is 11.1 Å². The number of carboxylic acids is 1. The van der Waals surface area contributed by atoms with E-state index in [1.165, 1.54) is 0 Å². The zero-order valence-corrected chi connectivity index (χ0v) is 15.1. The SMILES string of the molecule is Cc1ccc2nc(C3CC3)cc(C(=O)N3CCC(CC(=O)O)CC3)c2c1. The van der Waals surface area contributed by atoms with Gasteiger partial charge < -0.3 is 10.0 Å². The summed E-state index contributed by atoms with van der Waals surface area (Å²) in [6.07, 6.45) is 4.02. The predicted molar refractivity (Wildman–Crippen MR) is 99.3 cm³/mol. The highest BCUT2D eigenvalue weighted by atomic mass is 16.4. The Morgan fingerprint density at radius 2 is 1.88 bits per heavy atom. The summed E-state index contributed by atoms with van der Waals surface area (Å²) >= 11 is 0. The summed E-state index contributed by atoms with van der Waals surface area (Å²) in [5.74, 6) is -0.0262. The fourth-order valence-corrected chi connectivity index (χ4v) is 3.88. The molecule has 1 N–H and O–H groups in total. The summed E-state index contributed by atoms with van der Waals surface area (Å²) in [4.78, 5) is 30.8. The van der Waals surface area contributed by atoms with E-state index in [2.05, 4.69) is 0 Å². The number of amides is 1. The fourth-order valence-electron chi connectivity index (χ4n) is 3.88. The van der Waals surface area contributed by atoms with Crippen molar-refractivity contribution in [1.29, 1.82) is 0 Å². The van der Waals surface area contributed by atoms with Crippen LogP contribution >= 0.6 is 0 Å². The monoisotopic (exact) mass is 352 g/mol. The van der Waals surface area contributed by atoms with Gasteiger partial charge in [-0.2, -0.15) is 0 Å². The molecule has 1 aliphatic heterocycles. The van der Waals surface area contributed by atoms with Gasteiger partial charge in [-0.05, 0) is 56.7 Å². The molecule has 1 saturated carbocycles. The molecule has 1 amide bonds. The molecule has 5 nitrogen and oxygen atoms in total. The summed E-state index contributed by atoms with van der Waals surface area (Å²) in [6.45, 7) is 3.29. The third-order valence-corrected chi connectivity index (χ3v) is 5.58. The highest BCUT2D eigenvalue weighted by Gasteiger charge is 2.29. The van der Waals surface area contributed by atoms with E-state index < -0.39 is 5.97 Å². The molecule has 1 aromatic carbocycles. The van der Waals surface area contributed by atoms with Crippen LogP contribution in [0.15, 0.2) is 24.3 Å². The van der Waals surface area contributed by atoms with Gasteiger partial charge in [0.25, 0.3) is 5.91 Å². The number of aryl methyl sites for hydroxylation is 1. The first kappa shape index (κ1) is 17.0. The lowest BCUT2D eigenvalue weighted by molar-refractivity contribution is -0.138. The third-order valence-electron chi connectivity index (χ3n) is 5.58. The van der Waals surface area contributed by atoms with E-state index in [1.54, 1.807) is 0 Å². The Morgan fingerprint density at radius 1 is 1.15 bits per heavy atom. The number of carbonyl (C=O) groups excluding carboxylic acids is 1. The molecule has 2 heterocycles. The molecule has 1 aliphatic carbocycles. The number of carbonyl (C=O) groups is 2. The summed E-state index contributed by atoms with van der Waals surface area (Å²) in [6, 6.07) is 8.08. The zero-order valence-electron chi connectivity index (χ0n) is 15.1. The largest absolute Gasteiger partial charge is 0.481 e. The number of benzene rings is 1. The number of pyridine rings is 1. The van der Waals surface area contributed by atoms with Crippen LogP contribution in [0, 0.1) is 12.8 Å². The van der Waals surface area contributed by atoms with E-state index in [9.17, 15) is 9.59 Å². The van der Waals surface area contributed by atoms with Crippen molar-refractivity contribution >= 4 is 22.8 Å². The normalized spacial score (nSPS) is 18.3. The number of nitrogens with zero attached hydrogens (tertiary/aromatic N) is 2. The first-order chi connectivity index (χ1) is 12.5. The Bertz CT molecular complexity index is 865. The van der Waals surface area contributed by atoms with E-state index in [-0.39, 0.29) is 18.2 Å². The highest BCUT2D eigenvalue weighted by Crippen LogP contribution is 2.40. The second-order valence-corrected chi connectivity index (χ2v) is 7.72. The second kappa shape index (κ2) is 6.71. The number of fused-ring (bicyclic) bond motifs is 1. The van der Waals surface area contributed by atoms with Crippen LogP contribution in [0.25, 0.3) is 10.9 Å². The van der Waals surface area contributed by atoms with Gasteiger partial charge >= 0.3 is 5.97 Å². The third kappa shape index (κ3) is 3.43. The maximum atomic E-state index is 13.2. The van der Waals surface area contributed by atoms with Gasteiger partial charge in [-0.3, -0.25) is 14.6 Å². The molecule has 1 aromatic heterocycles. The van der Waals surface area contributed by atoms with Crippen LogP contribution < -0.4 is 0 Å². The predicted octanol–water partition coefficient (Wildman–Crippen LogP) is 3.75. The molecule has 0 unspecified atom stereocenters. The first-order valence-electron chi connectivity index (χ1n) is 9.43. The lowest BCUT2D eigenvalue weighted by Crippen LogP contribution is -2.39. The maximum Gasteiger partial charge on any atom is 0.303 e. The van der Waals surface area contributed by atoms with Crippen molar-refractivity contribution in [2.45, 2.75) is 44.9 Å². The number of piperidine rings is 1. The van der Waals surface area contributed by atoms with E-state index in [0.717, 1.165) is 53.4 Å². The number of aromatic nitrogens is 1. The van der Waals surface area contributed by atoms with Crippen molar-refractivity contribution in [3.63, 3.8) is 0 Å². The standard InChI is InChI=1S/C21H24N2O3/c1-13-2-5-18-16(10-13)17(12-19(22-18)15-3-4-15)21(26)23-8-6-14(7-9-23)11-20(24)25/h2,5,10,12,14-15H,3-4,6-9,11H2,1H3,(H,24,25). The average molecular weight is 352 g/mol. The molecular formula is C21H24N2O3. The van der Waals surface area contributed by atoms with E-state index >= 15 is 0 Å². The van der Waals surface area contributed by atoms with E-state index in [4.69, 9.17) is 10.1 Å². The van der Waals surface area contributed by atoms with Gasteiger partial charge in [-0.15, -0.1) is 0 Å². The Labute approximate surface area is 153 Å². The highest BCUT2D eigenvalue weighted by molar-refractivity contribution is 6.06. The topological polar surface area (TPSA) is 70.5 Å². The number of hydrogen-bond donors (Lipinski definition) is 1. The fraction of sp³-hybridized carbons (Fsp3) is 0.476. The van der Waals surface area contributed by atoms with Crippen LogP contribution in [0.2, 0.25) is 0 Å². The summed E-state index contributed by atoms with van der Waals surface area (Å²) in [5.41, 5.74) is 3.79. The minimum Gasteiger partial charge on any atom is -0.481 e. The minimum atomic E-state index is -0.751. The lowest BCUT2D eigenvalue weighted by atomic mass is 9.93. The Kier molecular flexibility index (Phi) is 4.39. The molecule has 2 aromatic rings. The molecule has 2 aliphatic rings. The molecule has 26 heavy (non-hydrogen) atoms. The summed E-state index contributed by atoms with van der Waals surface area (Å²) in [7, 11) is 0. The van der Waals surface area contributed by atoms with Crippen LogP contribution in [0.4, 0.5) is 0 Å². The summed E-state index contributed by atoms with van der Waals surface area (Å²) in [5, 5.41) is 9.89. The van der Waals surface area contributed by atoms with Crippen LogP contribution in [-0.2, 0) is 4.79 Å². The van der Waals surface area contributed by atoms with Crippen molar-refractivity contribution in [2.24, 2.45) is 5.92 Å². The maximum absolute atomic E-state index is 13.2. The van der Waals surface area contributed by atoms with Crippen molar-refractivity contribution in [3.8, 4) is 0 Å². The number of likely N-dealkylation sites (tertiary alicyclic amines) is 1. The van der Waals surface area contributed by atoms with Crippen LogP contribution in [0.3, 0.4) is 0 Å². The Hall–Kier alpha value is -2.43. The number of hydrogen-bond acceptors (Lipinski definition) is 3. The number of carboxylic acid groups (broad SMARTS) is 1. The van der Waals surface area contributed by atoms with Crippen molar-refractivity contribution in [2.75, 3.05) is 13.1 Å². The first-order valence-corrected chi connectivity index (χ1v) is 9.43. The quantitative estimate of drug-likeness (QED) is 0.910. The van der Waals surface area contributed by atoms with Gasteiger partial charge in [0.2, 0.25) is 0 Å². The van der Waals surface area contributed by atoms with Gasteiger partial charge in [0, 0.05) is 36.5 Å². The van der Waals surface area contributed by atoms with Gasteiger partial charge in [-0.25, -0.2) is 0 Å². The zero-order chi connectivity index (χ0) is 18.3. The van der Waals surface area contributed by atoms with Gasteiger partial charge in [0.1, 0.15) is 0 Å². The van der Waals surface area contributed by atoms with Gasteiger partial charge in [0.15, 0.2) is 0 Å². The van der Waals surface area contributed by atoms with E-state index in [0.29, 0.717) is 19.0 Å². The van der Waals surface area contributed by atoms with E-state index in [1.807, 2.05) is 36.1 Å². The molecule has 0 spiro atoms. The van der Waals surface area contributed by atoms with Gasteiger partial charge in [-0.1, -0.05) is 11.6 Å². The molecule has 4 rings (SSSR count). The van der Waals surface area contributed by atoms with Crippen LogP contribution in [-0.4, -0.2) is 40.0 Å². The Morgan fingerprint density at radius 3 is 2.54 bits per heavy atom. The molecule has 5 heteroatoms. The van der Waals surface area contributed by atoms with Crippen molar-refractivity contribution in [3.05, 3.63) is 41.1 Å². The Balaban J connectivity index is 1.62. The van der Waals surface area contributed by atoms with Crippen molar-refractivity contribution < 1.29 is 14.7 Å². The molecule has 1 saturated heterocycles. The molecule has 136 valence electrons. The van der Waals surface area contributed by atoms with Crippen LogP contribution in [0.5, 0.6) is 0 Å². The summed E-state index contributed by atoms with van der Waals surface area (Å²) < 4.78 is 0. The number of aliphatic carboxylic acids is 1. The minimum absolute atomic E-state index is 0.0543. The second-order valence-electron chi connectivity index (χ2n) is 7.72. The lowest BCUT2D eigenvalue weighted by Gasteiger charge is -2.31. The van der Waals surface area contributed by atoms with Crippen LogP contribution in [0.1, 0.15) is 59.6 Å².